The fourth-order valence-electron chi connectivity index (χ4n) is 1.76. The Hall–Kier alpha value is -0.770. The molecule has 0 aliphatic carbocycles. The van der Waals surface area contributed by atoms with E-state index in [0.29, 0.717) is 12.2 Å². The molecule has 3 nitrogen and oxygen atoms in total. The zero-order valence-electron chi connectivity index (χ0n) is 10.6. The van der Waals surface area contributed by atoms with Gasteiger partial charge in [-0.1, -0.05) is 6.92 Å². The SMILES string of the molecule is CCS(=O)(=O)CCCn1cc(C)c(C)c1C. The number of nitrogens with zero attached hydrogens (tertiary/aromatic N) is 1. The van der Waals surface area contributed by atoms with Crippen molar-refractivity contribution in [2.45, 2.75) is 40.7 Å². The average molecular weight is 243 g/mol. The minimum atomic E-state index is -2.82. The van der Waals surface area contributed by atoms with E-state index in [1.807, 2.05) is 0 Å². The van der Waals surface area contributed by atoms with Gasteiger partial charge in [-0.05, 0) is 38.3 Å². The Kier molecular flexibility index (Phi) is 4.19. The lowest BCUT2D eigenvalue weighted by Gasteiger charge is -2.06. The van der Waals surface area contributed by atoms with Crippen molar-refractivity contribution in [2.24, 2.45) is 0 Å². The summed E-state index contributed by atoms with van der Waals surface area (Å²) in [6.45, 7) is 8.76. The summed E-state index contributed by atoms with van der Waals surface area (Å²) in [5, 5.41) is 0. The van der Waals surface area contributed by atoms with Gasteiger partial charge in [0.1, 0.15) is 9.84 Å². The topological polar surface area (TPSA) is 39.1 Å². The normalized spacial score (nSPS) is 12.0. The molecule has 4 heteroatoms. The summed E-state index contributed by atoms with van der Waals surface area (Å²) >= 11 is 0. The lowest BCUT2D eigenvalue weighted by Crippen LogP contribution is -2.11. The predicted molar refractivity (Wildman–Crippen MR) is 67.6 cm³/mol. The number of aromatic nitrogens is 1. The molecular formula is C12H21NO2S. The van der Waals surface area contributed by atoms with Crippen LogP contribution < -0.4 is 0 Å². The van der Waals surface area contributed by atoms with Crippen molar-refractivity contribution < 1.29 is 8.42 Å². The van der Waals surface area contributed by atoms with Gasteiger partial charge in [-0.25, -0.2) is 8.42 Å². The van der Waals surface area contributed by atoms with Gasteiger partial charge in [0.2, 0.25) is 0 Å². The van der Waals surface area contributed by atoms with Gasteiger partial charge in [0.05, 0.1) is 5.75 Å². The fourth-order valence-corrected chi connectivity index (χ4v) is 2.62. The molecule has 0 spiro atoms. The van der Waals surface area contributed by atoms with Crippen molar-refractivity contribution in [3.8, 4) is 0 Å². The summed E-state index contributed by atoms with van der Waals surface area (Å²) in [6, 6.07) is 0. The van der Waals surface area contributed by atoms with E-state index in [1.165, 1.54) is 16.8 Å². The molecule has 0 unspecified atom stereocenters. The first kappa shape index (κ1) is 13.3. The molecule has 92 valence electrons. The van der Waals surface area contributed by atoms with Gasteiger partial charge in [-0.2, -0.15) is 0 Å². The molecule has 0 saturated carbocycles. The molecule has 1 rings (SSSR count). The molecule has 0 N–H and O–H groups in total. The van der Waals surface area contributed by atoms with Crippen molar-refractivity contribution >= 4 is 9.84 Å². The Morgan fingerprint density at radius 1 is 1.25 bits per heavy atom. The molecule has 0 aromatic carbocycles. The molecule has 0 saturated heterocycles. The molecule has 0 fully saturated rings. The summed E-state index contributed by atoms with van der Waals surface area (Å²) in [5.74, 6) is 0.537. The van der Waals surface area contributed by atoms with Crippen LogP contribution >= 0.6 is 0 Å². The molecular weight excluding hydrogens is 222 g/mol. The second-order valence-corrected chi connectivity index (χ2v) is 6.78. The summed E-state index contributed by atoms with van der Waals surface area (Å²) in [4.78, 5) is 0. The van der Waals surface area contributed by atoms with E-state index < -0.39 is 9.84 Å². The van der Waals surface area contributed by atoms with Crippen LogP contribution in [0.25, 0.3) is 0 Å². The third-order valence-corrected chi connectivity index (χ3v) is 5.00. The van der Waals surface area contributed by atoms with Crippen LogP contribution in [0.2, 0.25) is 0 Å². The highest BCUT2D eigenvalue weighted by Gasteiger charge is 2.09. The summed E-state index contributed by atoms with van der Waals surface area (Å²) < 4.78 is 24.8. The van der Waals surface area contributed by atoms with Crippen LogP contribution in [0, 0.1) is 20.8 Å². The third-order valence-electron chi connectivity index (χ3n) is 3.21. The number of sulfone groups is 1. The summed E-state index contributed by atoms with van der Waals surface area (Å²) in [7, 11) is -2.82. The number of aryl methyl sites for hydroxylation is 2. The molecule has 1 aromatic rings. The molecule has 0 radical (unpaired) electrons. The zero-order chi connectivity index (χ0) is 12.3. The van der Waals surface area contributed by atoms with Crippen molar-refractivity contribution in [1.82, 2.24) is 4.57 Å². The van der Waals surface area contributed by atoms with E-state index >= 15 is 0 Å². The van der Waals surface area contributed by atoms with Crippen LogP contribution in [-0.4, -0.2) is 24.5 Å². The van der Waals surface area contributed by atoms with E-state index in [0.717, 1.165) is 6.54 Å². The van der Waals surface area contributed by atoms with E-state index in [4.69, 9.17) is 0 Å². The van der Waals surface area contributed by atoms with Gasteiger partial charge in [-0.15, -0.1) is 0 Å². The number of rotatable bonds is 5. The number of hydrogen-bond donors (Lipinski definition) is 0. The Morgan fingerprint density at radius 2 is 1.88 bits per heavy atom. The highest BCUT2D eigenvalue weighted by Crippen LogP contribution is 2.15. The molecule has 0 aliphatic rings. The summed E-state index contributed by atoms with van der Waals surface area (Å²) in [5.41, 5.74) is 3.82. The average Bonchev–Trinajstić information content (AvgIpc) is 2.46. The van der Waals surface area contributed by atoms with Crippen LogP contribution in [0.3, 0.4) is 0 Å². The Labute approximate surface area is 98.4 Å². The largest absolute Gasteiger partial charge is 0.351 e. The fraction of sp³-hybridized carbons (Fsp3) is 0.667. The lowest BCUT2D eigenvalue weighted by atomic mass is 10.2. The molecule has 1 aromatic heterocycles. The molecule has 0 aliphatic heterocycles. The first-order chi connectivity index (χ1) is 7.37. The maximum atomic E-state index is 11.3. The Morgan fingerprint density at radius 3 is 2.31 bits per heavy atom. The lowest BCUT2D eigenvalue weighted by molar-refractivity contribution is 0.586. The second kappa shape index (κ2) is 5.04. The molecule has 0 bridgehead atoms. The van der Waals surface area contributed by atoms with Crippen LogP contribution in [0.15, 0.2) is 6.20 Å². The van der Waals surface area contributed by atoms with Crippen molar-refractivity contribution in [3.05, 3.63) is 23.0 Å². The minimum absolute atomic E-state index is 0.246. The summed E-state index contributed by atoms with van der Waals surface area (Å²) in [6.07, 6.45) is 2.80. The van der Waals surface area contributed by atoms with Crippen LogP contribution in [0.1, 0.15) is 30.2 Å². The minimum Gasteiger partial charge on any atom is -0.351 e. The van der Waals surface area contributed by atoms with E-state index in [1.54, 1.807) is 6.92 Å². The van der Waals surface area contributed by atoms with Crippen LogP contribution in [0.5, 0.6) is 0 Å². The second-order valence-electron chi connectivity index (χ2n) is 4.31. The Bertz CT molecular complexity index is 458. The van der Waals surface area contributed by atoms with Gasteiger partial charge in [0.15, 0.2) is 0 Å². The molecule has 16 heavy (non-hydrogen) atoms. The smallest absolute Gasteiger partial charge is 0.150 e. The molecule has 0 atom stereocenters. The maximum Gasteiger partial charge on any atom is 0.150 e. The van der Waals surface area contributed by atoms with Gasteiger partial charge in [0.25, 0.3) is 0 Å². The third kappa shape index (κ3) is 3.11. The van der Waals surface area contributed by atoms with Gasteiger partial charge >= 0.3 is 0 Å². The van der Waals surface area contributed by atoms with Gasteiger partial charge in [-0.3, -0.25) is 0 Å². The predicted octanol–water partition coefficient (Wildman–Crippen LogP) is 2.24. The zero-order valence-corrected chi connectivity index (χ0v) is 11.4. The highest BCUT2D eigenvalue weighted by atomic mass is 32.2. The van der Waals surface area contributed by atoms with Gasteiger partial charge in [0, 0.05) is 24.2 Å². The van der Waals surface area contributed by atoms with Crippen molar-refractivity contribution in [1.29, 1.82) is 0 Å². The van der Waals surface area contributed by atoms with Crippen molar-refractivity contribution in [2.75, 3.05) is 11.5 Å². The quantitative estimate of drug-likeness (QED) is 0.795. The van der Waals surface area contributed by atoms with E-state index in [9.17, 15) is 8.42 Å². The highest BCUT2D eigenvalue weighted by molar-refractivity contribution is 7.91. The molecule has 1 heterocycles. The number of hydrogen-bond acceptors (Lipinski definition) is 2. The van der Waals surface area contributed by atoms with Gasteiger partial charge < -0.3 is 4.57 Å². The maximum absolute atomic E-state index is 11.3. The van der Waals surface area contributed by atoms with Crippen molar-refractivity contribution in [3.63, 3.8) is 0 Å². The van der Waals surface area contributed by atoms with Crippen LogP contribution in [-0.2, 0) is 16.4 Å². The first-order valence-corrected chi connectivity index (χ1v) is 7.53. The van der Waals surface area contributed by atoms with E-state index in [2.05, 4.69) is 31.5 Å². The molecule has 0 amide bonds. The van der Waals surface area contributed by atoms with E-state index in [-0.39, 0.29) is 5.75 Å². The Balaban J connectivity index is 2.59. The first-order valence-electron chi connectivity index (χ1n) is 5.70. The van der Waals surface area contributed by atoms with Crippen LogP contribution in [0.4, 0.5) is 0 Å². The monoisotopic (exact) mass is 243 g/mol. The standard InChI is InChI=1S/C12H21NO2S/c1-5-16(14,15)8-6-7-13-9-10(2)11(3)12(13)4/h9H,5-8H2,1-4H3.